The lowest BCUT2D eigenvalue weighted by atomic mass is 9.95. The van der Waals surface area contributed by atoms with Gasteiger partial charge in [0.25, 0.3) is 0 Å². The summed E-state index contributed by atoms with van der Waals surface area (Å²) in [6, 6.07) is 12.6. The van der Waals surface area contributed by atoms with Gasteiger partial charge in [0.2, 0.25) is 11.8 Å². The largest absolute Gasteiger partial charge is 0.487 e. The van der Waals surface area contributed by atoms with Gasteiger partial charge in [-0.2, -0.15) is 0 Å². The number of ether oxygens (including phenoxy) is 1. The summed E-state index contributed by atoms with van der Waals surface area (Å²) in [5, 5.41) is 18.8. The van der Waals surface area contributed by atoms with Crippen molar-refractivity contribution in [3.63, 3.8) is 0 Å². The fourth-order valence-electron chi connectivity index (χ4n) is 3.53. The molecule has 1 aliphatic rings. The van der Waals surface area contributed by atoms with E-state index in [0.29, 0.717) is 30.2 Å². The van der Waals surface area contributed by atoms with E-state index in [0.717, 1.165) is 11.1 Å². The van der Waals surface area contributed by atoms with Crippen LogP contribution >= 0.6 is 0 Å². The van der Waals surface area contributed by atoms with Gasteiger partial charge in [-0.3, -0.25) is 9.59 Å². The number of aliphatic hydroxyl groups is 1. The van der Waals surface area contributed by atoms with Gasteiger partial charge in [-0.1, -0.05) is 50.2 Å². The molecule has 7 nitrogen and oxygen atoms in total. The molecule has 3 rings (SSSR count). The molecule has 0 saturated carbocycles. The first-order valence-corrected chi connectivity index (χ1v) is 10.2. The van der Waals surface area contributed by atoms with E-state index in [-0.39, 0.29) is 24.3 Å². The molecular weight excluding hydrogens is 382 g/mol. The molecule has 2 aromatic carbocycles. The molecule has 1 heterocycles. The van der Waals surface area contributed by atoms with Crippen LogP contribution in [0.2, 0.25) is 0 Å². The summed E-state index contributed by atoms with van der Waals surface area (Å²) in [5.74, 6) is 0.0962. The van der Waals surface area contributed by atoms with Crippen LogP contribution < -0.4 is 20.7 Å². The Morgan fingerprint density at radius 3 is 2.57 bits per heavy atom. The number of hydrogen-bond acceptors (Lipinski definition) is 5. The normalized spacial score (nSPS) is 18.5. The molecule has 0 bridgehead atoms. The number of hydrogen-bond donors (Lipinski definition) is 4. The summed E-state index contributed by atoms with van der Waals surface area (Å²) in [5.41, 5.74) is 3.05. The highest BCUT2D eigenvalue weighted by Gasteiger charge is 2.30. The molecule has 7 heteroatoms. The van der Waals surface area contributed by atoms with Crippen LogP contribution in [0.3, 0.4) is 0 Å². The minimum absolute atomic E-state index is 0.00522. The Bertz CT molecular complexity index is 899. The van der Waals surface area contributed by atoms with E-state index in [1.54, 1.807) is 0 Å². The van der Waals surface area contributed by atoms with Gasteiger partial charge in [-0.25, -0.2) is 0 Å². The SMILES string of the molecule is CC(=O)Nc1c(OCc2ccccc2)ccc2c1N[C@@H](C(C)C)C(=O)N[C@H](CO)C2. The van der Waals surface area contributed by atoms with Gasteiger partial charge in [-0.05, 0) is 29.5 Å². The van der Waals surface area contributed by atoms with E-state index >= 15 is 0 Å². The van der Waals surface area contributed by atoms with Crippen LogP contribution in [0.1, 0.15) is 31.9 Å². The summed E-state index contributed by atoms with van der Waals surface area (Å²) in [4.78, 5) is 24.7. The van der Waals surface area contributed by atoms with Crippen molar-refractivity contribution in [2.45, 2.75) is 45.9 Å². The Labute approximate surface area is 176 Å². The number of amides is 2. The van der Waals surface area contributed by atoms with Gasteiger partial charge in [0.05, 0.1) is 18.3 Å². The number of benzene rings is 2. The number of carbonyl (C=O) groups is 2. The highest BCUT2D eigenvalue weighted by atomic mass is 16.5. The number of aliphatic hydroxyl groups excluding tert-OH is 1. The molecular formula is C23H29N3O4. The average Bonchev–Trinajstić information content (AvgIpc) is 2.70. The quantitative estimate of drug-likeness (QED) is 0.586. The first kappa shape index (κ1) is 21.6. The standard InChI is InChI=1S/C23H29N3O4/c1-14(2)20-23(29)25-18(12-27)11-17-9-10-19(22(21(17)26-20)24-15(3)28)30-13-16-7-5-4-6-8-16/h4-10,14,18,20,26-27H,11-13H2,1-3H3,(H,24,28)(H,25,29)/t18-,20-/m0/s1. The lowest BCUT2D eigenvalue weighted by Crippen LogP contribution is -2.50. The molecule has 0 spiro atoms. The van der Waals surface area contributed by atoms with Crippen LogP contribution in [0.15, 0.2) is 42.5 Å². The first-order valence-electron chi connectivity index (χ1n) is 10.2. The first-order chi connectivity index (χ1) is 14.4. The molecule has 2 amide bonds. The van der Waals surface area contributed by atoms with Crippen molar-refractivity contribution in [1.29, 1.82) is 0 Å². The fraction of sp³-hybridized carbons (Fsp3) is 0.391. The maximum absolute atomic E-state index is 12.7. The van der Waals surface area contributed by atoms with Crippen LogP contribution in [-0.2, 0) is 22.6 Å². The van der Waals surface area contributed by atoms with E-state index in [1.165, 1.54) is 6.92 Å². The maximum Gasteiger partial charge on any atom is 0.243 e. The Morgan fingerprint density at radius 2 is 1.93 bits per heavy atom. The predicted octanol–water partition coefficient (Wildman–Crippen LogP) is 2.69. The maximum atomic E-state index is 12.7. The summed E-state index contributed by atoms with van der Waals surface area (Å²) in [7, 11) is 0. The Kier molecular flexibility index (Phi) is 6.95. The van der Waals surface area contributed by atoms with Crippen LogP contribution in [0.4, 0.5) is 11.4 Å². The summed E-state index contributed by atoms with van der Waals surface area (Å²) < 4.78 is 6.03. The summed E-state index contributed by atoms with van der Waals surface area (Å²) in [6.07, 6.45) is 0.431. The smallest absolute Gasteiger partial charge is 0.243 e. The molecule has 30 heavy (non-hydrogen) atoms. The van der Waals surface area contributed by atoms with Gasteiger partial charge in [0.1, 0.15) is 24.1 Å². The van der Waals surface area contributed by atoms with Crippen molar-refractivity contribution < 1.29 is 19.4 Å². The zero-order chi connectivity index (χ0) is 21.7. The van der Waals surface area contributed by atoms with Crippen LogP contribution in [0.25, 0.3) is 0 Å². The number of rotatable bonds is 6. The Morgan fingerprint density at radius 1 is 1.20 bits per heavy atom. The van der Waals surface area contributed by atoms with Gasteiger partial charge in [0.15, 0.2) is 0 Å². The number of nitrogens with one attached hydrogen (secondary N) is 3. The number of carbonyl (C=O) groups excluding carboxylic acids is 2. The zero-order valence-electron chi connectivity index (χ0n) is 17.6. The van der Waals surface area contributed by atoms with Gasteiger partial charge in [-0.15, -0.1) is 0 Å². The monoisotopic (exact) mass is 411 g/mol. The summed E-state index contributed by atoms with van der Waals surface area (Å²) >= 11 is 0. The third-order valence-corrected chi connectivity index (χ3v) is 5.07. The molecule has 2 aromatic rings. The molecule has 0 aromatic heterocycles. The highest BCUT2D eigenvalue weighted by Crippen LogP contribution is 2.38. The van der Waals surface area contributed by atoms with Crippen molar-refractivity contribution in [2.24, 2.45) is 5.92 Å². The number of fused-ring (bicyclic) bond motifs is 1. The molecule has 160 valence electrons. The van der Waals surface area contributed by atoms with Crippen LogP contribution in [-0.4, -0.2) is 35.6 Å². The Hall–Kier alpha value is -3.06. The predicted molar refractivity (Wildman–Crippen MR) is 116 cm³/mol. The second kappa shape index (κ2) is 9.63. The van der Waals surface area contributed by atoms with Gasteiger partial charge < -0.3 is 25.8 Å². The molecule has 0 unspecified atom stereocenters. The molecule has 4 N–H and O–H groups in total. The van der Waals surface area contributed by atoms with Crippen molar-refractivity contribution in [1.82, 2.24) is 5.32 Å². The minimum Gasteiger partial charge on any atom is -0.487 e. The lowest BCUT2D eigenvalue weighted by molar-refractivity contribution is -0.123. The second-order valence-corrected chi connectivity index (χ2v) is 7.89. The third kappa shape index (κ3) is 5.10. The molecule has 0 fully saturated rings. The second-order valence-electron chi connectivity index (χ2n) is 7.89. The highest BCUT2D eigenvalue weighted by molar-refractivity contribution is 5.97. The Balaban J connectivity index is 2.03. The van der Waals surface area contributed by atoms with E-state index in [2.05, 4.69) is 16.0 Å². The van der Waals surface area contributed by atoms with E-state index in [9.17, 15) is 14.7 Å². The molecule has 0 radical (unpaired) electrons. The molecule has 2 atom stereocenters. The lowest BCUT2D eigenvalue weighted by Gasteiger charge is -2.32. The molecule has 0 saturated heterocycles. The third-order valence-electron chi connectivity index (χ3n) is 5.07. The number of anilines is 2. The van der Waals surface area contributed by atoms with Crippen molar-refractivity contribution in [3.05, 3.63) is 53.6 Å². The zero-order valence-corrected chi connectivity index (χ0v) is 17.6. The minimum atomic E-state index is -0.519. The topological polar surface area (TPSA) is 99.7 Å². The van der Waals surface area contributed by atoms with Crippen molar-refractivity contribution in [3.8, 4) is 5.75 Å². The van der Waals surface area contributed by atoms with E-state index < -0.39 is 12.1 Å². The molecule has 0 aliphatic carbocycles. The fourth-order valence-corrected chi connectivity index (χ4v) is 3.53. The van der Waals surface area contributed by atoms with Gasteiger partial charge >= 0.3 is 0 Å². The summed E-state index contributed by atoms with van der Waals surface area (Å²) in [6.45, 7) is 5.50. The average molecular weight is 412 g/mol. The van der Waals surface area contributed by atoms with Crippen molar-refractivity contribution in [2.75, 3.05) is 17.2 Å². The molecule has 1 aliphatic heterocycles. The van der Waals surface area contributed by atoms with E-state index in [4.69, 9.17) is 4.74 Å². The van der Waals surface area contributed by atoms with Crippen LogP contribution in [0, 0.1) is 5.92 Å². The van der Waals surface area contributed by atoms with E-state index in [1.807, 2.05) is 56.3 Å². The van der Waals surface area contributed by atoms with Crippen molar-refractivity contribution >= 4 is 23.2 Å². The van der Waals surface area contributed by atoms with Crippen LogP contribution in [0.5, 0.6) is 5.75 Å². The van der Waals surface area contributed by atoms with Gasteiger partial charge in [0, 0.05) is 6.92 Å².